The number of likely N-dealkylation sites (N-methyl/N-ethyl adjacent to an activating group) is 1. The summed E-state index contributed by atoms with van der Waals surface area (Å²) in [6.45, 7) is 5.09. The molecule has 2 heterocycles. The fourth-order valence-corrected chi connectivity index (χ4v) is 6.81. The molecule has 4 rings (SSSR count). The Labute approximate surface area is 243 Å². The van der Waals surface area contributed by atoms with Crippen LogP contribution in [0.4, 0.5) is 5.69 Å². The van der Waals surface area contributed by atoms with Crippen LogP contribution < -0.4 is 9.46 Å². The minimum Gasteiger partial charge on any atom is -0.488 e. The summed E-state index contributed by atoms with van der Waals surface area (Å²) in [4.78, 5) is 17.4. The molecule has 39 heavy (non-hydrogen) atoms. The molecule has 0 aliphatic carbocycles. The van der Waals surface area contributed by atoms with Crippen LogP contribution in [0.5, 0.6) is 5.75 Å². The third-order valence-corrected chi connectivity index (χ3v) is 10.1. The number of thiophene rings is 1. The third-order valence-electron chi connectivity index (χ3n) is 6.61. The number of halogens is 2. The molecular weight excluding hydrogens is 581 g/mol. The summed E-state index contributed by atoms with van der Waals surface area (Å²) < 4.78 is 34.7. The van der Waals surface area contributed by atoms with Gasteiger partial charge in [0.1, 0.15) is 16.1 Å². The van der Waals surface area contributed by atoms with Gasteiger partial charge in [0.05, 0.1) is 28.3 Å². The number of aliphatic hydroxyl groups is 1. The summed E-state index contributed by atoms with van der Waals surface area (Å²) in [5.74, 6) is -0.0451. The highest BCUT2D eigenvalue weighted by molar-refractivity contribution is 7.94. The summed E-state index contributed by atoms with van der Waals surface area (Å²) in [7, 11) is -1.83. The van der Waals surface area contributed by atoms with Crippen molar-refractivity contribution in [2.24, 2.45) is 5.92 Å². The van der Waals surface area contributed by atoms with Gasteiger partial charge in [0.25, 0.3) is 15.9 Å². The average Bonchev–Trinajstić information content (AvgIpc) is 3.44. The molecule has 0 radical (unpaired) electrons. The molecule has 12 heteroatoms. The Morgan fingerprint density at radius 3 is 2.64 bits per heavy atom. The van der Waals surface area contributed by atoms with Crippen molar-refractivity contribution >= 4 is 56.2 Å². The molecule has 1 aliphatic heterocycles. The first-order valence-corrected chi connectivity index (χ1v) is 15.5. The van der Waals surface area contributed by atoms with E-state index in [1.54, 1.807) is 41.5 Å². The van der Waals surface area contributed by atoms with Gasteiger partial charge in [-0.25, -0.2) is 8.42 Å². The molecule has 8 nitrogen and oxygen atoms in total. The third kappa shape index (κ3) is 7.06. The topological polar surface area (TPSA) is 99.2 Å². The molecule has 0 spiro atoms. The lowest BCUT2D eigenvalue weighted by atomic mass is 9.99. The minimum absolute atomic E-state index is 0.0654. The van der Waals surface area contributed by atoms with E-state index >= 15 is 0 Å². The lowest BCUT2D eigenvalue weighted by molar-refractivity contribution is 0.0341. The van der Waals surface area contributed by atoms with Crippen molar-refractivity contribution in [1.29, 1.82) is 0 Å². The van der Waals surface area contributed by atoms with E-state index in [0.717, 1.165) is 16.9 Å². The van der Waals surface area contributed by atoms with Crippen molar-refractivity contribution in [2.45, 2.75) is 36.7 Å². The van der Waals surface area contributed by atoms with E-state index in [-0.39, 0.29) is 40.0 Å². The Morgan fingerprint density at radius 2 is 1.97 bits per heavy atom. The number of nitrogens with zero attached hydrogens (tertiary/aromatic N) is 2. The van der Waals surface area contributed by atoms with Crippen molar-refractivity contribution in [1.82, 2.24) is 9.80 Å². The first-order valence-electron chi connectivity index (χ1n) is 12.4. The molecule has 210 valence electrons. The smallest absolute Gasteiger partial charge is 0.271 e. The van der Waals surface area contributed by atoms with E-state index in [9.17, 15) is 18.3 Å². The summed E-state index contributed by atoms with van der Waals surface area (Å²) in [5, 5.41) is 12.6. The molecule has 0 bridgehead atoms. The maximum atomic E-state index is 13.6. The van der Waals surface area contributed by atoms with Gasteiger partial charge in [0, 0.05) is 31.2 Å². The highest BCUT2D eigenvalue weighted by Gasteiger charge is 2.33. The van der Waals surface area contributed by atoms with Gasteiger partial charge in [-0.05, 0) is 61.3 Å². The number of rotatable bonds is 9. The van der Waals surface area contributed by atoms with E-state index in [0.29, 0.717) is 35.4 Å². The summed E-state index contributed by atoms with van der Waals surface area (Å²) in [5.41, 5.74) is 1.47. The number of carbonyl (C=O) groups is 1. The van der Waals surface area contributed by atoms with Crippen molar-refractivity contribution in [2.75, 3.05) is 31.5 Å². The fraction of sp³-hybridized carbons (Fsp3) is 0.370. The Hall–Kier alpha value is -2.34. The predicted molar refractivity (Wildman–Crippen MR) is 156 cm³/mol. The van der Waals surface area contributed by atoms with Crippen molar-refractivity contribution < 1.29 is 23.1 Å². The van der Waals surface area contributed by atoms with Crippen LogP contribution in [0.15, 0.2) is 58.1 Å². The van der Waals surface area contributed by atoms with Crippen molar-refractivity contribution in [3.8, 4) is 5.75 Å². The Balaban J connectivity index is 1.62. The predicted octanol–water partition coefficient (Wildman–Crippen LogP) is 5.21. The molecule has 3 aromatic rings. The Morgan fingerprint density at radius 1 is 1.21 bits per heavy atom. The van der Waals surface area contributed by atoms with Gasteiger partial charge in [-0.2, -0.15) is 0 Å². The number of carbonyl (C=O) groups excluding carboxylic acids is 1. The number of hydrogen-bond donors (Lipinski definition) is 2. The molecule has 1 aromatic heterocycles. The molecule has 1 amide bonds. The quantitative estimate of drug-likeness (QED) is 0.345. The van der Waals surface area contributed by atoms with E-state index in [1.165, 1.54) is 12.1 Å². The van der Waals surface area contributed by atoms with Crippen molar-refractivity contribution in [3.05, 3.63) is 75.1 Å². The van der Waals surface area contributed by atoms with Crippen LogP contribution >= 0.6 is 34.5 Å². The number of aliphatic hydroxyl groups excluding tert-OH is 1. The Kier molecular flexibility index (Phi) is 9.46. The molecule has 2 N–H and O–H groups in total. The lowest BCUT2D eigenvalue weighted by Gasteiger charge is -2.38. The number of hydrogen-bond acceptors (Lipinski definition) is 7. The van der Waals surface area contributed by atoms with Gasteiger partial charge in [-0.15, -0.1) is 11.3 Å². The Bertz CT molecular complexity index is 1420. The second-order valence-electron chi connectivity index (χ2n) is 9.82. The summed E-state index contributed by atoms with van der Waals surface area (Å²) in [6.07, 6.45) is -0.299. The number of ether oxygens (including phenoxy) is 1. The molecule has 2 aromatic carbocycles. The number of anilines is 1. The van der Waals surface area contributed by atoms with E-state index in [1.807, 2.05) is 26.1 Å². The first kappa shape index (κ1) is 29.6. The second-order valence-corrected chi connectivity index (χ2v) is 13.5. The van der Waals surface area contributed by atoms with Gasteiger partial charge in [-0.1, -0.05) is 42.3 Å². The minimum atomic E-state index is -3.80. The molecule has 0 saturated heterocycles. The van der Waals surface area contributed by atoms with Crippen LogP contribution in [-0.2, 0) is 16.6 Å². The maximum absolute atomic E-state index is 13.6. The zero-order chi connectivity index (χ0) is 28.3. The molecule has 0 fully saturated rings. The van der Waals surface area contributed by atoms with E-state index in [4.69, 9.17) is 27.9 Å². The highest BCUT2D eigenvalue weighted by atomic mass is 35.5. The molecule has 0 unspecified atom stereocenters. The van der Waals surface area contributed by atoms with Gasteiger partial charge in [0.2, 0.25) is 0 Å². The van der Waals surface area contributed by atoms with Gasteiger partial charge in [0.15, 0.2) is 0 Å². The zero-order valence-corrected chi connectivity index (χ0v) is 24.9. The maximum Gasteiger partial charge on any atom is 0.271 e. The SMILES string of the molecule is C[C@H](CO)N1C[C@H](C)[C@H](CN(C)Cc2ccc(Cl)c(Cl)c2)Oc2ccc(NS(=O)(=O)c3cccs3)cc2C1=O. The standard InChI is InChI=1S/C27H31Cl2N3O5S2/c1-17-13-32(18(2)16-33)27(34)21-12-20(30-39(35,36)26-5-4-10-38-26)7-9-24(21)37-25(17)15-31(3)14-19-6-8-22(28)23(29)11-19/h4-12,17-18,25,30,33H,13-16H2,1-3H3/t17-,18+,25-/m0/s1. The average molecular weight is 613 g/mol. The second kappa shape index (κ2) is 12.4. The van der Waals surface area contributed by atoms with Gasteiger partial charge < -0.3 is 14.7 Å². The molecule has 3 atom stereocenters. The lowest BCUT2D eigenvalue weighted by Crippen LogP contribution is -2.49. The fourth-order valence-electron chi connectivity index (χ4n) is 4.45. The summed E-state index contributed by atoms with van der Waals surface area (Å²) >= 11 is 13.3. The monoisotopic (exact) mass is 611 g/mol. The zero-order valence-electron chi connectivity index (χ0n) is 21.8. The number of sulfonamides is 1. The normalized spacial score (nSPS) is 18.7. The van der Waals surface area contributed by atoms with Crippen molar-refractivity contribution in [3.63, 3.8) is 0 Å². The van der Waals surface area contributed by atoms with Crippen LogP contribution in [0.25, 0.3) is 0 Å². The highest BCUT2D eigenvalue weighted by Crippen LogP contribution is 2.32. The van der Waals surface area contributed by atoms with Crippen LogP contribution in [-0.4, -0.2) is 68.1 Å². The first-order chi connectivity index (χ1) is 18.5. The van der Waals surface area contributed by atoms with E-state index in [2.05, 4.69) is 9.62 Å². The number of fused-ring (bicyclic) bond motifs is 1. The summed E-state index contributed by atoms with van der Waals surface area (Å²) in [6, 6.07) is 12.9. The van der Waals surface area contributed by atoms with Crippen LogP contribution in [0.2, 0.25) is 10.0 Å². The molecule has 0 saturated carbocycles. The number of nitrogens with one attached hydrogen (secondary N) is 1. The van der Waals surface area contributed by atoms with Crippen LogP contribution in [0.1, 0.15) is 29.8 Å². The largest absolute Gasteiger partial charge is 0.488 e. The van der Waals surface area contributed by atoms with Crippen LogP contribution in [0.3, 0.4) is 0 Å². The van der Waals surface area contributed by atoms with Gasteiger partial charge >= 0.3 is 0 Å². The number of benzene rings is 2. The molecule has 1 aliphatic rings. The molecular formula is C27H31Cl2N3O5S2. The van der Waals surface area contributed by atoms with E-state index < -0.39 is 16.1 Å². The van der Waals surface area contributed by atoms with Gasteiger partial charge in [-0.3, -0.25) is 14.4 Å². The van der Waals surface area contributed by atoms with Crippen LogP contribution in [0, 0.1) is 5.92 Å². The number of amides is 1.